The average Bonchev–Trinajstić information content (AvgIpc) is 3.16. The summed E-state index contributed by atoms with van der Waals surface area (Å²) < 4.78 is 26.3. The number of halogens is 2. The highest BCUT2D eigenvalue weighted by Crippen LogP contribution is 2.39. The second-order valence-corrected chi connectivity index (χ2v) is 3.66. The summed E-state index contributed by atoms with van der Waals surface area (Å²) in [6, 6.07) is 0. The molecule has 3 N–H and O–H groups in total. The van der Waals surface area contributed by atoms with Crippen molar-refractivity contribution in [2.45, 2.75) is 51.9 Å². The highest BCUT2D eigenvalue weighted by Gasteiger charge is 2.32. The molecule has 0 amide bonds. The molecule has 3 nitrogen and oxygen atoms in total. The largest absolute Gasteiger partial charge is 0.344 e. The van der Waals surface area contributed by atoms with Crippen molar-refractivity contribution < 1.29 is 8.78 Å². The number of rotatable bonds is 3. The summed E-state index contributed by atoms with van der Waals surface area (Å²) in [5.41, 5.74) is 0.630. The summed E-state index contributed by atoms with van der Waals surface area (Å²) in [6.07, 6.45) is 4.68. The molecule has 1 aliphatic carbocycles. The molecule has 5 heteroatoms. The van der Waals surface area contributed by atoms with E-state index in [0.717, 1.165) is 18.5 Å². The number of hydrogen-bond donors (Lipinski definition) is 1. The zero-order chi connectivity index (χ0) is 12.2. The highest BCUT2D eigenvalue weighted by atomic mass is 19.3. The van der Waals surface area contributed by atoms with Crippen LogP contribution in [-0.2, 0) is 5.92 Å². The Labute approximate surface area is 101 Å². The van der Waals surface area contributed by atoms with Crippen LogP contribution in [0.1, 0.15) is 57.3 Å². The molecule has 1 aromatic rings. The molecule has 98 valence electrons. The Morgan fingerprint density at radius 3 is 2.18 bits per heavy atom. The van der Waals surface area contributed by atoms with E-state index in [0.29, 0.717) is 5.92 Å². The van der Waals surface area contributed by atoms with Crippen molar-refractivity contribution in [2.24, 2.45) is 0 Å². The van der Waals surface area contributed by atoms with Gasteiger partial charge in [-0.05, 0) is 12.8 Å². The van der Waals surface area contributed by atoms with E-state index in [1.54, 1.807) is 0 Å². The topological polar surface area (TPSA) is 60.8 Å². The number of alkyl halides is 2. The molecule has 0 aromatic carbocycles. The van der Waals surface area contributed by atoms with Gasteiger partial charge in [-0.3, -0.25) is 9.97 Å². The Balaban J connectivity index is 0.000000811. The van der Waals surface area contributed by atoms with Gasteiger partial charge in [0, 0.05) is 18.5 Å². The van der Waals surface area contributed by atoms with Crippen LogP contribution in [0.15, 0.2) is 12.4 Å². The Kier molecular flexibility index (Phi) is 6.16. The molecule has 1 aliphatic rings. The Morgan fingerprint density at radius 2 is 1.82 bits per heavy atom. The predicted molar refractivity (Wildman–Crippen MR) is 64.6 cm³/mol. The normalized spacial score (nSPS) is 14.4. The highest BCUT2D eigenvalue weighted by molar-refractivity contribution is 5.14. The fourth-order valence-electron chi connectivity index (χ4n) is 1.30. The summed E-state index contributed by atoms with van der Waals surface area (Å²) >= 11 is 0. The van der Waals surface area contributed by atoms with Gasteiger partial charge < -0.3 is 6.15 Å². The van der Waals surface area contributed by atoms with Crippen LogP contribution < -0.4 is 6.15 Å². The summed E-state index contributed by atoms with van der Waals surface area (Å²) in [6.45, 7) is 5.44. The molecule has 0 aliphatic heterocycles. The van der Waals surface area contributed by atoms with Gasteiger partial charge in [0.25, 0.3) is 5.92 Å². The molecule has 1 saturated carbocycles. The number of aromatic nitrogens is 2. The lowest BCUT2D eigenvalue weighted by atomic mass is 10.2. The van der Waals surface area contributed by atoms with E-state index < -0.39 is 5.92 Å². The molecular formula is C12H21F2N3. The zero-order valence-corrected chi connectivity index (χ0v) is 10.7. The monoisotopic (exact) mass is 245 g/mol. The van der Waals surface area contributed by atoms with Gasteiger partial charge in [-0.15, -0.1) is 0 Å². The molecule has 0 radical (unpaired) electrons. The van der Waals surface area contributed by atoms with E-state index in [1.165, 1.54) is 19.3 Å². The molecule has 1 aromatic heterocycles. The van der Waals surface area contributed by atoms with Gasteiger partial charge in [-0.25, -0.2) is 0 Å². The minimum Gasteiger partial charge on any atom is -0.344 e. The van der Waals surface area contributed by atoms with Crippen LogP contribution in [0.25, 0.3) is 0 Å². The second kappa shape index (κ2) is 6.59. The van der Waals surface area contributed by atoms with Crippen molar-refractivity contribution in [3.63, 3.8) is 0 Å². The minimum absolute atomic E-state index is 0. The first-order chi connectivity index (χ1) is 7.63. The van der Waals surface area contributed by atoms with Crippen LogP contribution in [0, 0.1) is 0 Å². The molecule has 2 rings (SSSR count). The number of hydrogen-bond acceptors (Lipinski definition) is 3. The van der Waals surface area contributed by atoms with E-state index in [4.69, 9.17) is 0 Å². The smallest absolute Gasteiger partial charge is 0.290 e. The van der Waals surface area contributed by atoms with Crippen molar-refractivity contribution in [2.75, 3.05) is 0 Å². The first-order valence-electron chi connectivity index (χ1n) is 5.83. The molecule has 0 spiro atoms. The summed E-state index contributed by atoms with van der Waals surface area (Å²) in [7, 11) is 0. The van der Waals surface area contributed by atoms with Crippen LogP contribution in [0.4, 0.5) is 8.78 Å². The second-order valence-electron chi connectivity index (χ2n) is 3.66. The van der Waals surface area contributed by atoms with Gasteiger partial charge >= 0.3 is 0 Å². The fourth-order valence-corrected chi connectivity index (χ4v) is 1.30. The molecule has 0 bridgehead atoms. The third-order valence-corrected chi connectivity index (χ3v) is 2.49. The molecule has 1 fully saturated rings. The molecule has 0 unspecified atom stereocenters. The third kappa shape index (κ3) is 4.00. The summed E-state index contributed by atoms with van der Waals surface area (Å²) in [5, 5.41) is 0. The average molecular weight is 245 g/mol. The maximum absolute atomic E-state index is 13.1. The first-order valence-corrected chi connectivity index (χ1v) is 5.83. The van der Waals surface area contributed by atoms with Crippen LogP contribution >= 0.6 is 0 Å². The van der Waals surface area contributed by atoms with E-state index >= 15 is 0 Å². The Hall–Kier alpha value is -1.10. The van der Waals surface area contributed by atoms with Crippen molar-refractivity contribution in [3.05, 3.63) is 23.8 Å². The van der Waals surface area contributed by atoms with Crippen LogP contribution in [0.3, 0.4) is 0 Å². The number of nitrogens with zero attached hydrogens (tertiary/aromatic N) is 2. The van der Waals surface area contributed by atoms with Crippen molar-refractivity contribution >= 4 is 0 Å². The van der Waals surface area contributed by atoms with E-state index in [2.05, 4.69) is 9.97 Å². The first kappa shape index (κ1) is 15.9. The van der Waals surface area contributed by atoms with Gasteiger partial charge in [-0.1, -0.05) is 20.8 Å². The zero-order valence-electron chi connectivity index (χ0n) is 10.7. The predicted octanol–water partition coefficient (Wildman–Crippen LogP) is 4.04. The van der Waals surface area contributed by atoms with Crippen LogP contribution in [0.5, 0.6) is 0 Å². The molecular weight excluding hydrogens is 224 g/mol. The van der Waals surface area contributed by atoms with Crippen molar-refractivity contribution in [1.82, 2.24) is 16.1 Å². The molecule has 0 atom stereocenters. The molecule has 17 heavy (non-hydrogen) atoms. The minimum atomic E-state index is -2.84. The van der Waals surface area contributed by atoms with E-state index in [-0.39, 0.29) is 18.3 Å². The van der Waals surface area contributed by atoms with Gasteiger partial charge in [-0.2, -0.15) is 8.78 Å². The maximum Gasteiger partial charge on any atom is 0.290 e. The SMILES string of the molecule is CC.CCC(F)(F)c1cnc(C2CC2)cn1.N. The Morgan fingerprint density at radius 1 is 1.24 bits per heavy atom. The lowest BCUT2D eigenvalue weighted by Gasteiger charge is -2.12. The van der Waals surface area contributed by atoms with Crippen molar-refractivity contribution in [1.29, 1.82) is 0 Å². The van der Waals surface area contributed by atoms with Gasteiger partial charge in [0.05, 0.1) is 11.9 Å². The van der Waals surface area contributed by atoms with E-state index in [1.807, 2.05) is 13.8 Å². The molecule has 1 heterocycles. The third-order valence-electron chi connectivity index (χ3n) is 2.49. The quantitative estimate of drug-likeness (QED) is 0.874. The summed E-state index contributed by atoms with van der Waals surface area (Å²) in [5.74, 6) is -2.37. The Bertz CT molecular complexity index is 321. The van der Waals surface area contributed by atoms with Crippen LogP contribution in [-0.4, -0.2) is 9.97 Å². The maximum atomic E-state index is 13.1. The van der Waals surface area contributed by atoms with Gasteiger partial charge in [0.2, 0.25) is 0 Å². The fraction of sp³-hybridized carbons (Fsp3) is 0.667. The lowest BCUT2D eigenvalue weighted by molar-refractivity contribution is -0.0132. The van der Waals surface area contributed by atoms with E-state index in [9.17, 15) is 8.78 Å². The lowest BCUT2D eigenvalue weighted by Crippen LogP contribution is -2.14. The molecule has 0 saturated heterocycles. The summed E-state index contributed by atoms with van der Waals surface area (Å²) in [4.78, 5) is 7.78. The van der Waals surface area contributed by atoms with Crippen LogP contribution in [0.2, 0.25) is 0 Å². The van der Waals surface area contributed by atoms with Gasteiger partial charge in [0.1, 0.15) is 5.69 Å². The van der Waals surface area contributed by atoms with Gasteiger partial charge in [0.15, 0.2) is 0 Å². The standard InChI is InChI=1S/C10H12F2N2.C2H6.H3N/c1-2-10(11,12)9-6-13-8(5-14-9)7-3-4-7;1-2;/h5-7H,2-4H2,1H3;1-2H3;1H3. The van der Waals surface area contributed by atoms with Crippen molar-refractivity contribution in [3.8, 4) is 0 Å².